The lowest BCUT2D eigenvalue weighted by molar-refractivity contribution is -0.116. The van der Waals surface area contributed by atoms with Gasteiger partial charge in [-0.05, 0) is 43.4 Å². The number of hydrogen-bond acceptors (Lipinski definition) is 6. The minimum absolute atomic E-state index is 0.0574. The molecule has 3 heterocycles. The molecule has 0 bridgehead atoms. The molecule has 2 N–H and O–H groups in total. The van der Waals surface area contributed by atoms with Crippen LogP contribution < -0.4 is 10.6 Å². The zero-order valence-electron chi connectivity index (χ0n) is 16.8. The Balaban J connectivity index is 1.61. The first kappa shape index (κ1) is 20.2. The maximum atomic E-state index is 12.5. The predicted molar refractivity (Wildman–Crippen MR) is 122 cm³/mol. The number of thiazole rings is 1. The van der Waals surface area contributed by atoms with Gasteiger partial charge >= 0.3 is 0 Å². The summed E-state index contributed by atoms with van der Waals surface area (Å²) in [4.78, 5) is 23.1. The summed E-state index contributed by atoms with van der Waals surface area (Å²) in [6.45, 7) is 4.86. The van der Waals surface area contributed by atoms with Crippen molar-refractivity contribution in [2.24, 2.45) is 0 Å². The van der Waals surface area contributed by atoms with Crippen LogP contribution in [0.4, 0.5) is 5.00 Å². The fraction of sp³-hybridized carbons (Fsp3) is 0.409. The first-order valence-corrected chi connectivity index (χ1v) is 11.9. The third-order valence-electron chi connectivity index (χ3n) is 5.00. The van der Waals surface area contributed by atoms with E-state index in [4.69, 9.17) is 4.98 Å². The van der Waals surface area contributed by atoms with Gasteiger partial charge in [-0.2, -0.15) is 0 Å². The van der Waals surface area contributed by atoms with E-state index in [-0.39, 0.29) is 5.91 Å². The molecule has 0 spiro atoms. The fourth-order valence-electron chi connectivity index (χ4n) is 3.58. The van der Waals surface area contributed by atoms with Crippen molar-refractivity contribution >= 4 is 33.6 Å². The van der Waals surface area contributed by atoms with Crippen LogP contribution in [0.5, 0.6) is 0 Å². The SMILES string of the molecule is CC(C)NCCC(=O)Nc1sc2c(c1-c1nc(-c3cccnc3)cs1)CCCC2. The largest absolute Gasteiger partial charge is 0.317 e. The van der Waals surface area contributed by atoms with Crippen molar-refractivity contribution in [2.75, 3.05) is 11.9 Å². The molecule has 0 fully saturated rings. The van der Waals surface area contributed by atoms with Gasteiger partial charge in [0.15, 0.2) is 0 Å². The zero-order valence-corrected chi connectivity index (χ0v) is 18.5. The molecule has 3 aromatic heterocycles. The van der Waals surface area contributed by atoms with Crippen LogP contribution in [0.2, 0.25) is 0 Å². The average Bonchev–Trinajstić information content (AvgIpc) is 3.32. The molecule has 4 rings (SSSR count). The van der Waals surface area contributed by atoms with Crippen molar-refractivity contribution in [1.29, 1.82) is 0 Å². The molecule has 7 heteroatoms. The van der Waals surface area contributed by atoms with E-state index in [1.54, 1.807) is 28.9 Å². The lowest BCUT2D eigenvalue weighted by atomic mass is 9.95. The average molecular weight is 427 g/mol. The molecule has 0 unspecified atom stereocenters. The van der Waals surface area contributed by atoms with Crippen LogP contribution in [0.1, 0.15) is 43.6 Å². The Bertz CT molecular complexity index is 978. The summed E-state index contributed by atoms with van der Waals surface area (Å²) in [6, 6.07) is 4.34. The number of fused-ring (bicyclic) bond motifs is 1. The van der Waals surface area contributed by atoms with E-state index < -0.39 is 0 Å². The highest BCUT2D eigenvalue weighted by atomic mass is 32.1. The lowest BCUT2D eigenvalue weighted by Crippen LogP contribution is -2.27. The number of amides is 1. The van der Waals surface area contributed by atoms with Gasteiger partial charge in [-0.15, -0.1) is 22.7 Å². The van der Waals surface area contributed by atoms with Crippen molar-refractivity contribution in [2.45, 2.75) is 52.0 Å². The first-order chi connectivity index (χ1) is 14.1. The summed E-state index contributed by atoms with van der Waals surface area (Å²) in [5, 5.41) is 10.5. The minimum Gasteiger partial charge on any atom is -0.317 e. The molecular formula is C22H26N4OS2. The molecule has 0 aliphatic heterocycles. The van der Waals surface area contributed by atoms with Gasteiger partial charge in [0.1, 0.15) is 10.0 Å². The number of nitrogens with one attached hydrogen (secondary N) is 2. The summed E-state index contributed by atoms with van der Waals surface area (Å²) in [5.74, 6) is 0.0574. The van der Waals surface area contributed by atoms with Gasteiger partial charge in [0.2, 0.25) is 5.91 Å². The maximum Gasteiger partial charge on any atom is 0.226 e. The van der Waals surface area contributed by atoms with Gasteiger partial charge < -0.3 is 10.6 Å². The number of pyridine rings is 1. The molecule has 152 valence electrons. The number of hydrogen-bond donors (Lipinski definition) is 2. The van der Waals surface area contributed by atoms with Crippen molar-refractivity contribution < 1.29 is 4.79 Å². The molecule has 3 aromatic rings. The highest BCUT2D eigenvalue weighted by molar-refractivity contribution is 7.18. The summed E-state index contributed by atoms with van der Waals surface area (Å²) in [5.41, 5.74) is 4.47. The highest BCUT2D eigenvalue weighted by Crippen LogP contribution is 2.45. The second kappa shape index (κ2) is 9.15. The van der Waals surface area contributed by atoms with Gasteiger partial charge in [0, 0.05) is 52.8 Å². The molecule has 0 radical (unpaired) electrons. The number of rotatable bonds is 7. The van der Waals surface area contributed by atoms with E-state index >= 15 is 0 Å². The Kier molecular flexibility index (Phi) is 6.37. The number of nitrogens with zero attached hydrogens (tertiary/aromatic N) is 2. The van der Waals surface area contributed by atoms with Crippen molar-refractivity contribution in [3.05, 3.63) is 40.3 Å². The minimum atomic E-state index is 0.0574. The number of aryl methyl sites for hydroxylation is 1. The number of thiophene rings is 1. The molecule has 0 atom stereocenters. The standard InChI is InChI=1S/C22H26N4OS2/c1-14(2)24-11-9-19(27)26-22-20(16-7-3-4-8-18(16)29-22)21-25-17(13-28-21)15-6-5-10-23-12-15/h5-6,10,12-14,24H,3-4,7-9,11H2,1-2H3,(H,26,27). The number of carbonyl (C=O) groups is 1. The normalized spacial score (nSPS) is 13.5. The first-order valence-electron chi connectivity index (χ1n) is 10.2. The van der Waals surface area contributed by atoms with Crippen LogP contribution in [0, 0.1) is 0 Å². The van der Waals surface area contributed by atoms with E-state index in [1.807, 2.05) is 18.3 Å². The van der Waals surface area contributed by atoms with E-state index in [2.05, 4.69) is 34.8 Å². The highest BCUT2D eigenvalue weighted by Gasteiger charge is 2.25. The monoisotopic (exact) mass is 426 g/mol. The van der Waals surface area contributed by atoms with Crippen molar-refractivity contribution in [3.8, 4) is 21.8 Å². The molecule has 5 nitrogen and oxygen atoms in total. The predicted octanol–water partition coefficient (Wildman–Crippen LogP) is 5.14. The van der Waals surface area contributed by atoms with Gasteiger partial charge in [-0.25, -0.2) is 4.98 Å². The molecule has 0 aromatic carbocycles. The zero-order chi connectivity index (χ0) is 20.2. The molecule has 0 saturated carbocycles. The summed E-state index contributed by atoms with van der Waals surface area (Å²) < 4.78 is 0. The van der Waals surface area contributed by atoms with E-state index in [0.29, 0.717) is 19.0 Å². The quantitative estimate of drug-likeness (QED) is 0.549. The fourth-order valence-corrected chi connectivity index (χ4v) is 5.86. The van der Waals surface area contributed by atoms with Crippen LogP contribution in [0.25, 0.3) is 21.8 Å². The van der Waals surface area contributed by atoms with Crippen LogP contribution in [-0.2, 0) is 17.6 Å². The summed E-state index contributed by atoms with van der Waals surface area (Å²) >= 11 is 3.37. The third kappa shape index (κ3) is 4.74. The Morgan fingerprint density at radius 3 is 2.93 bits per heavy atom. The van der Waals surface area contributed by atoms with Crippen molar-refractivity contribution in [3.63, 3.8) is 0 Å². The molecule has 1 aliphatic rings. The van der Waals surface area contributed by atoms with E-state index in [1.165, 1.54) is 23.3 Å². The van der Waals surface area contributed by atoms with Crippen LogP contribution in [0.15, 0.2) is 29.9 Å². The molecule has 29 heavy (non-hydrogen) atoms. The number of carbonyl (C=O) groups excluding carboxylic acids is 1. The van der Waals surface area contributed by atoms with Gasteiger partial charge in [0.05, 0.1) is 5.69 Å². The Morgan fingerprint density at radius 2 is 2.14 bits per heavy atom. The number of aromatic nitrogens is 2. The van der Waals surface area contributed by atoms with Crippen LogP contribution in [-0.4, -0.2) is 28.5 Å². The third-order valence-corrected chi connectivity index (χ3v) is 7.07. The second-order valence-corrected chi connectivity index (χ2v) is 9.56. The van der Waals surface area contributed by atoms with E-state index in [9.17, 15) is 4.79 Å². The second-order valence-electron chi connectivity index (χ2n) is 7.60. The summed E-state index contributed by atoms with van der Waals surface area (Å²) in [7, 11) is 0. The topological polar surface area (TPSA) is 66.9 Å². The Labute approximate surface area is 179 Å². The molecule has 1 aliphatic carbocycles. The summed E-state index contributed by atoms with van der Waals surface area (Å²) in [6.07, 6.45) is 8.66. The molecule has 1 amide bonds. The van der Waals surface area contributed by atoms with Gasteiger partial charge in [-0.1, -0.05) is 13.8 Å². The smallest absolute Gasteiger partial charge is 0.226 e. The Hall–Kier alpha value is -2.09. The molecule has 0 saturated heterocycles. The lowest BCUT2D eigenvalue weighted by Gasteiger charge is -2.12. The maximum absolute atomic E-state index is 12.5. The van der Waals surface area contributed by atoms with Gasteiger partial charge in [-0.3, -0.25) is 9.78 Å². The van der Waals surface area contributed by atoms with Crippen LogP contribution >= 0.6 is 22.7 Å². The van der Waals surface area contributed by atoms with Crippen LogP contribution in [0.3, 0.4) is 0 Å². The number of anilines is 1. The molecular weight excluding hydrogens is 400 g/mol. The van der Waals surface area contributed by atoms with Crippen molar-refractivity contribution in [1.82, 2.24) is 15.3 Å². The Morgan fingerprint density at radius 1 is 1.28 bits per heavy atom. The van der Waals surface area contributed by atoms with Gasteiger partial charge in [0.25, 0.3) is 0 Å². The van der Waals surface area contributed by atoms with E-state index in [0.717, 1.165) is 39.7 Å².